The first-order valence-electron chi connectivity index (χ1n) is 4.99. The van der Waals surface area contributed by atoms with E-state index >= 15 is 0 Å². The van der Waals surface area contributed by atoms with Gasteiger partial charge in [-0.25, -0.2) is 0 Å². The fourth-order valence-corrected chi connectivity index (χ4v) is 0.732. The number of ketones is 2. The minimum atomic E-state index is -0.329. The van der Waals surface area contributed by atoms with Crippen LogP contribution in [0.1, 0.15) is 46.5 Å². The van der Waals surface area contributed by atoms with Gasteiger partial charge in [0.2, 0.25) is 0 Å². The molecule has 0 unspecified atom stereocenters. The number of esters is 1. The third-order valence-corrected chi connectivity index (χ3v) is 1.51. The molecule has 0 aromatic carbocycles. The molecule has 0 amide bonds. The van der Waals surface area contributed by atoms with Gasteiger partial charge in [0.1, 0.15) is 11.6 Å². The highest BCUT2D eigenvalue weighted by Gasteiger charge is 2.00. The molecule has 0 N–H and O–H groups in total. The summed E-state index contributed by atoms with van der Waals surface area (Å²) in [4.78, 5) is 30.6. The molecule has 88 valence electrons. The number of carbonyl (C=O) groups is 3. The van der Waals surface area contributed by atoms with Crippen molar-refractivity contribution >= 4 is 17.5 Å². The third kappa shape index (κ3) is 19.3. The Bertz CT molecular complexity index is 209. The zero-order chi connectivity index (χ0) is 12.3. The second kappa shape index (κ2) is 10.9. The van der Waals surface area contributed by atoms with Crippen molar-refractivity contribution in [3.05, 3.63) is 0 Å². The second-order valence-corrected chi connectivity index (χ2v) is 3.23. The highest BCUT2D eigenvalue weighted by Crippen LogP contribution is 1.91. The zero-order valence-corrected chi connectivity index (χ0v) is 9.96. The molecule has 0 aliphatic rings. The van der Waals surface area contributed by atoms with Gasteiger partial charge in [0.25, 0.3) is 0 Å². The maximum Gasteiger partial charge on any atom is 0.305 e. The lowest BCUT2D eigenvalue weighted by Crippen LogP contribution is -2.02. The summed E-state index contributed by atoms with van der Waals surface area (Å²) in [5, 5.41) is 0. The summed E-state index contributed by atoms with van der Waals surface area (Å²) in [5.74, 6) is -0.0249. The summed E-state index contributed by atoms with van der Waals surface area (Å²) in [7, 11) is 1.31. The van der Waals surface area contributed by atoms with Gasteiger partial charge in [0.05, 0.1) is 13.5 Å². The van der Waals surface area contributed by atoms with Crippen molar-refractivity contribution in [1.29, 1.82) is 0 Å². The first-order chi connectivity index (χ1) is 6.93. The summed E-state index contributed by atoms with van der Waals surface area (Å²) < 4.78 is 4.31. The molecule has 0 saturated heterocycles. The number of hydrogen-bond donors (Lipinski definition) is 0. The average Bonchev–Trinajstić information content (AvgIpc) is 2.14. The number of methoxy groups -OCH3 is 1. The van der Waals surface area contributed by atoms with E-state index in [9.17, 15) is 14.4 Å². The molecule has 0 rings (SSSR count). The van der Waals surface area contributed by atoms with Gasteiger partial charge in [-0.15, -0.1) is 0 Å². The van der Waals surface area contributed by atoms with Crippen LogP contribution in [0.2, 0.25) is 0 Å². The van der Waals surface area contributed by atoms with Crippen molar-refractivity contribution in [1.82, 2.24) is 0 Å². The van der Waals surface area contributed by atoms with E-state index in [4.69, 9.17) is 0 Å². The van der Waals surface area contributed by atoms with E-state index in [1.807, 2.05) is 6.92 Å². The zero-order valence-electron chi connectivity index (χ0n) is 9.96. The summed E-state index contributed by atoms with van der Waals surface area (Å²) in [6, 6.07) is 0. The van der Waals surface area contributed by atoms with Crippen LogP contribution in [0.15, 0.2) is 0 Å². The molecule has 15 heavy (non-hydrogen) atoms. The lowest BCUT2D eigenvalue weighted by Gasteiger charge is -1.93. The van der Waals surface area contributed by atoms with E-state index in [1.165, 1.54) is 14.0 Å². The first-order valence-corrected chi connectivity index (χ1v) is 4.99. The number of hydrogen-bond acceptors (Lipinski definition) is 4. The topological polar surface area (TPSA) is 60.4 Å². The van der Waals surface area contributed by atoms with Gasteiger partial charge < -0.3 is 14.3 Å². The van der Waals surface area contributed by atoms with Gasteiger partial charge in [-0.2, -0.15) is 0 Å². The summed E-state index contributed by atoms with van der Waals surface area (Å²) in [6.45, 7) is 5.06. The van der Waals surface area contributed by atoms with E-state index in [2.05, 4.69) is 4.74 Å². The fraction of sp³-hybridized carbons (Fsp3) is 0.727. The van der Waals surface area contributed by atoms with Crippen LogP contribution >= 0.6 is 0 Å². The van der Waals surface area contributed by atoms with Crippen LogP contribution in [0.5, 0.6) is 0 Å². The molecule has 0 aromatic heterocycles. The van der Waals surface area contributed by atoms with E-state index < -0.39 is 0 Å². The molecular formula is C11H20O4. The molecule has 4 nitrogen and oxygen atoms in total. The van der Waals surface area contributed by atoms with Crippen molar-refractivity contribution in [2.24, 2.45) is 0 Å². The molecule has 0 aliphatic carbocycles. The monoisotopic (exact) mass is 216 g/mol. The molecule has 0 aliphatic heterocycles. The van der Waals surface area contributed by atoms with Gasteiger partial charge in [-0.05, 0) is 20.3 Å². The molecule has 0 saturated carbocycles. The predicted octanol–water partition coefficient (Wildman–Crippen LogP) is 1.90. The highest BCUT2D eigenvalue weighted by atomic mass is 16.5. The Labute approximate surface area is 91.0 Å². The molecule has 0 fully saturated rings. The smallest absolute Gasteiger partial charge is 0.305 e. The normalized spacial score (nSPS) is 8.53. The highest BCUT2D eigenvalue weighted by molar-refractivity contribution is 5.80. The molecule has 4 heteroatoms. The van der Waals surface area contributed by atoms with Crippen LogP contribution in [0, 0.1) is 0 Å². The Balaban J connectivity index is 0. The molecule has 0 heterocycles. The number of ether oxygens (including phenoxy) is 1. The van der Waals surface area contributed by atoms with Gasteiger partial charge in [0.15, 0.2) is 0 Å². The largest absolute Gasteiger partial charge is 0.469 e. The minimum absolute atomic E-state index is 0.0143. The van der Waals surface area contributed by atoms with Crippen LogP contribution in [0.4, 0.5) is 0 Å². The van der Waals surface area contributed by atoms with Crippen molar-refractivity contribution in [2.75, 3.05) is 7.11 Å². The number of Topliss-reactive ketones (excluding diaryl/α,β-unsaturated/α-hetero) is 2. The first kappa shape index (κ1) is 16.2. The van der Waals surface area contributed by atoms with Crippen LogP contribution in [0.3, 0.4) is 0 Å². The Kier molecular flexibility index (Phi) is 11.8. The molecule has 0 atom stereocenters. The van der Waals surface area contributed by atoms with Crippen LogP contribution in [0.25, 0.3) is 0 Å². The maximum atomic E-state index is 10.3. The summed E-state index contributed by atoms with van der Waals surface area (Å²) >= 11 is 0. The van der Waals surface area contributed by atoms with Crippen molar-refractivity contribution in [3.63, 3.8) is 0 Å². The molecule has 0 bridgehead atoms. The lowest BCUT2D eigenvalue weighted by molar-refractivity contribution is -0.141. The third-order valence-electron chi connectivity index (χ3n) is 1.51. The van der Waals surface area contributed by atoms with Gasteiger partial charge in [-0.3, -0.25) is 4.79 Å². The Hall–Kier alpha value is -1.19. The Morgan fingerprint density at radius 3 is 1.60 bits per heavy atom. The van der Waals surface area contributed by atoms with Crippen LogP contribution < -0.4 is 0 Å². The number of carbonyl (C=O) groups excluding carboxylic acids is 3. The second-order valence-electron chi connectivity index (χ2n) is 3.23. The molecular weight excluding hydrogens is 196 g/mol. The van der Waals surface area contributed by atoms with Crippen molar-refractivity contribution < 1.29 is 19.1 Å². The van der Waals surface area contributed by atoms with Crippen LogP contribution in [-0.2, 0) is 19.1 Å². The average molecular weight is 216 g/mol. The SMILES string of the molecule is CCCC(C)=O.COC(=O)CCC(C)=O. The van der Waals surface area contributed by atoms with Gasteiger partial charge >= 0.3 is 5.97 Å². The quantitative estimate of drug-likeness (QED) is 0.658. The van der Waals surface area contributed by atoms with E-state index in [1.54, 1.807) is 6.92 Å². The molecule has 0 spiro atoms. The van der Waals surface area contributed by atoms with Crippen LogP contribution in [-0.4, -0.2) is 24.6 Å². The van der Waals surface area contributed by atoms with E-state index in [-0.39, 0.29) is 30.4 Å². The van der Waals surface area contributed by atoms with Gasteiger partial charge in [0, 0.05) is 12.8 Å². The van der Waals surface area contributed by atoms with Crippen molar-refractivity contribution in [3.8, 4) is 0 Å². The predicted molar refractivity (Wildman–Crippen MR) is 57.5 cm³/mol. The maximum absolute atomic E-state index is 10.3. The fourth-order valence-electron chi connectivity index (χ4n) is 0.732. The standard InChI is InChI=1S/C6H10O3.C5H10O/c1-5(7)3-4-6(8)9-2;1-3-4-5(2)6/h3-4H2,1-2H3;3-4H2,1-2H3. The lowest BCUT2D eigenvalue weighted by atomic mass is 10.2. The number of rotatable bonds is 5. The van der Waals surface area contributed by atoms with E-state index in [0.29, 0.717) is 0 Å². The van der Waals surface area contributed by atoms with Gasteiger partial charge in [-0.1, -0.05) is 6.92 Å². The Morgan fingerprint density at radius 1 is 0.933 bits per heavy atom. The Morgan fingerprint density at radius 2 is 1.40 bits per heavy atom. The van der Waals surface area contributed by atoms with E-state index in [0.717, 1.165) is 12.8 Å². The van der Waals surface area contributed by atoms with Crippen molar-refractivity contribution in [2.45, 2.75) is 46.5 Å². The molecule has 0 aromatic rings. The summed E-state index contributed by atoms with van der Waals surface area (Å²) in [5.41, 5.74) is 0. The summed E-state index contributed by atoms with van der Waals surface area (Å²) in [6.07, 6.45) is 2.20. The molecule has 0 radical (unpaired) electrons. The minimum Gasteiger partial charge on any atom is -0.469 e.